The zero-order valence-corrected chi connectivity index (χ0v) is 10.3. The standard InChI is InChI=1S/C12H16ClNO/c1-12(2,3)11(13)14-9-5-7-10(15-4)8-6-9/h5-8H,1-4H3. The number of methoxy groups -OCH3 is 1. The van der Waals surface area contributed by atoms with Crippen molar-refractivity contribution in [2.24, 2.45) is 10.4 Å². The van der Waals surface area contributed by atoms with Crippen LogP contribution in [0.5, 0.6) is 5.75 Å². The normalized spacial score (nSPS) is 12.7. The quantitative estimate of drug-likeness (QED) is 0.697. The van der Waals surface area contributed by atoms with E-state index in [-0.39, 0.29) is 5.41 Å². The van der Waals surface area contributed by atoms with Crippen LogP contribution in [0.4, 0.5) is 5.69 Å². The molecular formula is C12H16ClNO. The van der Waals surface area contributed by atoms with E-state index >= 15 is 0 Å². The summed E-state index contributed by atoms with van der Waals surface area (Å²) in [5, 5.41) is 0.604. The number of rotatable bonds is 2. The third-order valence-corrected chi connectivity index (χ3v) is 2.57. The first-order valence-corrected chi connectivity index (χ1v) is 5.20. The summed E-state index contributed by atoms with van der Waals surface area (Å²) in [5.74, 6) is 0.820. The fourth-order valence-electron chi connectivity index (χ4n) is 0.938. The van der Waals surface area contributed by atoms with Crippen LogP contribution >= 0.6 is 11.6 Å². The van der Waals surface area contributed by atoms with E-state index in [0.717, 1.165) is 11.4 Å². The molecule has 0 radical (unpaired) electrons. The third kappa shape index (κ3) is 3.56. The third-order valence-electron chi connectivity index (χ3n) is 1.92. The number of hydrogen-bond acceptors (Lipinski definition) is 2. The summed E-state index contributed by atoms with van der Waals surface area (Å²) in [5.41, 5.74) is 0.734. The lowest BCUT2D eigenvalue weighted by atomic mass is 9.99. The van der Waals surface area contributed by atoms with E-state index in [0.29, 0.717) is 5.17 Å². The van der Waals surface area contributed by atoms with Crippen molar-refractivity contribution in [3.05, 3.63) is 24.3 Å². The molecule has 2 nitrogen and oxygen atoms in total. The number of halogens is 1. The zero-order valence-electron chi connectivity index (χ0n) is 9.54. The minimum Gasteiger partial charge on any atom is -0.497 e. The Morgan fingerprint density at radius 2 is 1.73 bits per heavy atom. The molecule has 0 bridgehead atoms. The highest BCUT2D eigenvalue weighted by Crippen LogP contribution is 2.24. The summed E-state index contributed by atoms with van der Waals surface area (Å²) in [6.07, 6.45) is 0. The number of ether oxygens (including phenoxy) is 1. The maximum atomic E-state index is 6.08. The predicted molar refractivity (Wildman–Crippen MR) is 65.4 cm³/mol. The highest BCUT2D eigenvalue weighted by molar-refractivity contribution is 6.66. The van der Waals surface area contributed by atoms with Crippen molar-refractivity contribution in [1.82, 2.24) is 0 Å². The van der Waals surface area contributed by atoms with Gasteiger partial charge in [-0.15, -0.1) is 0 Å². The van der Waals surface area contributed by atoms with Gasteiger partial charge in [-0.25, -0.2) is 4.99 Å². The average molecular weight is 226 g/mol. The maximum Gasteiger partial charge on any atom is 0.119 e. The Morgan fingerprint density at radius 3 is 2.13 bits per heavy atom. The van der Waals surface area contributed by atoms with Crippen LogP contribution in [-0.4, -0.2) is 12.3 Å². The molecule has 15 heavy (non-hydrogen) atoms. The number of aliphatic imine (C=N–C) groups is 1. The van der Waals surface area contributed by atoms with Crippen molar-refractivity contribution in [2.45, 2.75) is 20.8 Å². The minimum atomic E-state index is -0.110. The molecule has 0 N–H and O–H groups in total. The molecule has 0 amide bonds. The maximum absolute atomic E-state index is 6.08. The summed E-state index contributed by atoms with van der Waals surface area (Å²) in [6.45, 7) is 6.09. The Bertz CT molecular complexity index is 349. The van der Waals surface area contributed by atoms with E-state index in [9.17, 15) is 0 Å². The Labute approximate surface area is 95.9 Å². The van der Waals surface area contributed by atoms with Crippen molar-refractivity contribution in [3.8, 4) is 5.75 Å². The van der Waals surface area contributed by atoms with Crippen LogP contribution in [0.1, 0.15) is 20.8 Å². The summed E-state index contributed by atoms with van der Waals surface area (Å²) < 4.78 is 5.06. The van der Waals surface area contributed by atoms with Gasteiger partial charge in [-0.2, -0.15) is 0 Å². The van der Waals surface area contributed by atoms with Crippen molar-refractivity contribution in [2.75, 3.05) is 7.11 Å². The van der Waals surface area contributed by atoms with Gasteiger partial charge in [0.15, 0.2) is 0 Å². The van der Waals surface area contributed by atoms with E-state index in [1.54, 1.807) is 7.11 Å². The number of benzene rings is 1. The average Bonchev–Trinajstić information content (AvgIpc) is 2.17. The fraction of sp³-hybridized carbons (Fsp3) is 0.417. The molecule has 0 saturated heterocycles. The molecule has 0 fully saturated rings. The van der Waals surface area contributed by atoms with E-state index in [2.05, 4.69) is 4.99 Å². The molecule has 0 unspecified atom stereocenters. The Kier molecular flexibility index (Phi) is 3.75. The van der Waals surface area contributed by atoms with Crippen LogP contribution in [0, 0.1) is 5.41 Å². The van der Waals surface area contributed by atoms with E-state index < -0.39 is 0 Å². The predicted octanol–water partition coefficient (Wildman–Crippen LogP) is 4.01. The lowest BCUT2D eigenvalue weighted by molar-refractivity contribution is 0.415. The topological polar surface area (TPSA) is 21.6 Å². The lowest BCUT2D eigenvalue weighted by Crippen LogP contribution is -2.13. The van der Waals surface area contributed by atoms with Crippen LogP contribution < -0.4 is 4.74 Å². The van der Waals surface area contributed by atoms with Crippen LogP contribution in [0.15, 0.2) is 29.3 Å². The number of nitrogens with zero attached hydrogens (tertiary/aromatic N) is 1. The molecule has 0 heterocycles. The van der Waals surface area contributed by atoms with Gasteiger partial charge in [-0.1, -0.05) is 32.4 Å². The van der Waals surface area contributed by atoms with E-state index in [4.69, 9.17) is 16.3 Å². The Morgan fingerprint density at radius 1 is 1.20 bits per heavy atom. The largest absolute Gasteiger partial charge is 0.497 e. The van der Waals surface area contributed by atoms with Gasteiger partial charge >= 0.3 is 0 Å². The molecule has 0 aliphatic heterocycles. The van der Waals surface area contributed by atoms with Crippen molar-refractivity contribution >= 4 is 22.5 Å². The van der Waals surface area contributed by atoms with Gasteiger partial charge in [0.25, 0.3) is 0 Å². The molecule has 0 aliphatic carbocycles. The summed E-state index contributed by atoms with van der Waals surface area (Å²) in [7, 11) is 1.64. The van der Waals surface area contributed by atoms with Gasteiger partial charge in [-0.3, -0.25) is 0 Å². The molecule has 1 rings (SSSR count). The molecule has 0 aliphatic rings. The van der Waals surface area contributed by atoms with Crippen molar-refractivity contribution in [1.29, 1.82) is 0 Å². The molecule has 0 saturated carbocycles. The van der Waals surface area contributed by atoms with E-state index in [1.165, 1.54) is 0 Å². The van der Waals surface area contributed by atoms with Gasteiger partial charge < -0.3 is 4.74 Å². The monoisotopic (exact) mass is 225 g/mol. The summed E-state index contributed by atoms with van der Waals surface area (Å²) in [4.78, 5) is 4.33. The number of hydrogen-bond donors (Lipinski definition) is 0. The smallest absolute Gasteiger partial charge is 0.119 e. The first-order valence-electron chi connectivity index (χ1n) is 4.82. The first-order chi connectivity index (χ1) is 6.93. The Hall–Kier alpha value is -1.02. The molecule has 0 spiro atoms. The summed E-state index contributed by atoms with van der Waals surface area (Å²) >= 11 is 6.08. The van der Waals surface area contributed by atoms with Crippen LogP contribution in [0.3, 0.4) is 0 Å². The zero-order chi connectivity index (χ0) is 11.5. The van der Waals surface area contributed by atoms with Gasteiger partial charge in [-0.05, 0) is 24.3 Å². The van der Waals surface area contributed by atoms with Crippen LogP contribution in [0.2, 0.25) is 0 Å². The van der Waals surface area contributed by atoms with Crippen LogP contribution in [0.25, 0.3) is 0 Å². The first kappa shape index (κ1) is 12.1. The van der Waals surface area contributed by atoms with Crippen molar-refractivity contribution < 1.29 is 4.74 Å². The van der Waals surface area contributed by atoms with Crippen molar-refractivity contribution in [3.63, 3.8) is 0 Å². The highest BCUT2D eigenvalue weighted by Gasteiger charge is 2.16. The summed E-state index contributed by atoms with van der Waals surface area (Å²) in [6, 6.07) is 7.50. The second-order valence-corrected chi connectivity index (χ2v) is 4.71. The molecule has 82 valence electrons. The molecule has 3 heteroatoms. The molecule has 0 aromatic heterocycles. The van der Waals surface area contributed by atoms with Gasteiger partial charge in [0, 0.05) is 5.41 Å². The Balaban J connectivity index is 2.89. The van der Waals surface area contributed by atoms with Crippen LogP contribution in [-0.2, 0) is 0 Å². The highest BCUT2D eigenvalue weighted by atomic mass is 35.5. The van der Waals surface area contributed by atoms with E-state index in [1.807, 2.05) is 45.0 Å². The molecule has 1 aromatic carbocycles. The molecular weight excluding hydrogens is 210 g/mol. The fourth-order valence-corrected chi connectivity index (χ4v) is 1.04. The minimum absolute atomic E-state index is 0.110. The lowest BCUT2D eigenvalue weighted by Gasteiger charge is -2.15. The molecule has 1 aromatic rings. The van der Waals surface area contributed by atoms with Gasteiger partial charge in [0.2, 0.25) is 0 Å². The SMILES string of the molecule is COc1ccc(N=C(Cl)C(C)(C)C)cc1. The second kappa shape index (κ2) is 4.67. The van der Waals surface area contributed by atoms with Gasteiger partial charge in [0.05, 0.1) is 12.8 Å². The van der Waals surface area contributed by atoms with Gasteiger partial charge in [0.1, 0.15) is 10.9 Å². The second-order valence-electron chi connectivity index (χ2n) is 4.35. The molecule has 0 atom stereocenters.